The van der Waals surface area contributed by atoms with Crippen molar-refractivity contribution in [2.75, 3.05) is 26.2 Å². The Morgan fingerprint density at radius 3 is 2.40 bits per heavy atom. The molecule has 1 fully saturated rings. The quantitative estimate of drug-likeness (QED) is 0.830. The molecule has 0 spiro atoms. The number of piperazine rings is 1. The second-order valence-corrected chi connectivity index (χ2v) is 7.62. The number of rotatable bonds is 3. The summed E-state index contributed by atoms with van der Waals surface area (Å²) in [6, 6.07) is 11.4. The molecule has 0 atom stereocenters. The number of carbonyl (C=O) groups is 1. The molecule has 1 aliphatic heterocycles. The molecule has 0 saturated carbocycles. The minimum absolute atomic E-state index is 0.000985. The highest BCUT2D eigenvalue weighted by atomic mass is 32.2. The molecule has 3 rings (SSSR count). The fourth-order valence-electron chi connectivity index (χ4n) is 2.76. The van der Waals surface area contributed by atoms with Crippen LogP contribution in [0.2, 0.25) is 0 Å². The molecule has 25 heavy (non-hydrogen) atoms. The zero-order valence-electron chi connectivity index (χ0n) is 13.7. The standard InChI is InChI=1S/C17H17N3O4S/c1-13-6-7-15(24-13)17(21)19-8-10-20(11-9-19)25(22,23)16-5-3-2-4-14(16)12-18/h2-7H,8-11H2,1H3. The van der Waals surface area contributed by atoms with E-state index in [1.54, 1.807) is 36.1 Å². The maximum Gasteiger partial charge on any atom is 0.289 e. The lowest BCUT2D eigenvalue weighted by molar-refractivity contribution is 0.0664. The summed E-state index contributed by atoms with van der Waals surface area (Å²) in [6.07, 6.45) is 0. The number of nitriles is 1. The predicted octanol–water partition coefficient (Wildman–Crippen LogP) is 1.61. The van der Waals surface area contributed by atoms with E-state index >= 15 is 0 Å². The summed E-state index contributed by atoms with van der Waals surface area (Å²) in [7, 11) is -3.77. The van der Waals surface area contributed by atoms with Gasteiger partial charge in [-0.05, 0) is 31.2 Å². The van der Waals surface area contributed by atoms with E-state index in [1.165, 1.54) is 16.4 Å². The minimum atomic E-state index is -3.77. The largest absolute Gasteiger partial charge is 0.456 e. The topological polar surface area (TPSA) is 94.6 Å². The summed E-state index contributed by atoms with van der Waals surface area (Å²) in [4.78, 5) is 13.9. The zero-order valence-corrected chi connectivity index (χ0v) is 14.5. The number of amides is 1. The number of sulfonamides is 1. The van der Waals surface area contributed by atoms with Crippen molar-refractivity contribution in [3.63, 3.8) is 0 Å². The fourth-order valence-corrected chi connectivity index (χ4v) is 4.32. The molecule has 0 aliphatic carbocycles. The first kappa shape index (κ1) is 17.2. The molecule has 0 unspecified atom stereocenters. The summed E-state index contributed by atoms with van der Waals surface area (Å²) in [6.45, 7) is 2.65. The molecule has 7 nitrogen and oxygen atoms in total. The van der Waals surface area contributed by atoms with Gasteiger partial charge in [0.05, 0.1) is 10.5 Å². The molecule has 2 aromatic rings. The number of benzene rings is 1. The number of aryl methyl sites for hydroxylation is 1. The van der Waals surface area contributed by atoms with Gasteiger partial charge >= 0.3 is 0 Å². The normalized spacial score (nSPS) is 15.8. The lowest BCUT2D eigenvalue weighted by Gasteiger charge is -2.33. The second kappa shape index (κ2) is 6.70. The summed E-state index contributed by atoms with van der Waals surface area (Å²) < 4.78 is 32.2. The van der Waals surface area contributed by atoms with Gasteiger partial charge in [-0.2, -0.15) is 9.57 Å². The van der Waals surface area contributed by atoms with Gasteiger partial charge in [0.1, 0.15) is 11.8 Å². The van der Waals surface area contributed by atoms with Crippen molar-refractivity contribution in [2.45, 2.75) is 11.8 Å². The Bertz CT molecular complexity index is 935. The number of nitrogens with zero attached hydrogens (tertiary/aromatic N) is 3. The van der Waals surface area contributed by atoms with Crippen LogP contribution in [0.5, 0.6) is 0 Å². The molecule has 8 heteroatoms. The molecule has 1 aromatic carbocycles. The van der Waals surface area contributed by atoms with E-state index in [4.69, 9.17) is 9.68 Å². The van der Waals surface area contributed by atoms with E-state index in [-0.39, 0.29) is 48.3 Å². The Hall–Kier alpha value is -2.63. The predicted molar refractivity (Wildman–Crippen MR) is 89.3 cm³/mol. The molecule has 2 heterocycles. The summed E-state index contributed by atoms with van der Waals surface area (Å²) in [5.41, 5.74) is 0.118. The van der Waals surface area contributed by atoms with Gasteiger partial charge in [-0.15, -0.1) is 0 Å². The van der Waals surface area contributed by atoms with Crippen molar-refractivity contribution < 1.29 is 17.6 Å². The third-order valence-electron chi connectivity index (χ3n) is 4.10. The summed E-state index contributed by atoms with van der Waals surface area (Å²) in [5.74, 6) is 0.656. The monoisotopic (exact) mass is 359 g/mol. The van der Waals surface area contributed by atoms with Crippen LogP contribution in [-0.2, 0) is 10.0 Å². The van der Waals surface area contributed by atoms with Crippen LogP contribution in [0.4, 0.5) is 0 Å². The van der Waals surface area contributed by atoms with Gasteiger partial charge in [-0.1, -0.05) is 12.1 Å². The summed E-state index contributed by atoms with van der Waals surface area (Å²) in [5, 5.41) is 9.13. The maximum absolute atomic E-state index is 12.8. The zero-order chi connectivity index (χ0) is 18.0. The Kier molecular flexibility index (Phi) is 4.61. The van der Waals surface area contributed by atoms with Gasteiger partial charge in [0.25, 0.3) is 5.91 Å². The van der Waals surface area contributed by atoms with E-state index < -0.39 is 10.0 Å². The van der Waals surface area contributed by atoms with E-state index in [2.05, 4.69) is 0 Å². The van der Waals surface area contributed by atoms with Crippen molar-refractivity contribution in [1.82, 2.24) is 9.21 Å². The van der Waals surface area contributed by atoms with E-state index in [1.807, 2.05) is 6.07 Å². The molecular formula is C17H17N3O4S. The molecule has 130 valence electrons. The van der Waals surface area contributed by atoms with Gasteiger partial charge in [0.2, 0.25) is 10.0 Å². The Labute approximate surface area is 146 Å². The Balaban J connectivity index is 1.74. The minimum Gasteiger partial charge on any atom is -0.456 e. The molecule has 1 saturated heterocycles. The van der Waals surface area contributed by atoms with Gasteiger partial charge < -0.3 is 9.32 Å². The first-order valence-electron chi connectivity index (χ1n) is 7.78. The Morgan fingerprint density at radius 2 is 1.80 bits per heavy atom. The highest BCUT2D eigenvalue weighted by molar-refractivity contribution is 7.89. The van der Waals surface area contributed by atoms with E-state index in [0.717, 1.165) is 0 Å². The molecule has 0 bridgehead atoms. The number of furan rings is 1. The van der Waals surface area contributed by atoms with E-state index in [0.29, 0.717) is 5.76 Å². The highest BCUT2D eigenvalue weighted by Crippen LogP contribution is 2.21. The van der Waals surface area contributed by atoms with Crippen LogP contribution in [0.1, 0.15) is 21.9 Å². The van der Waals surface area contributed by atoms with E-state index in [9.17, 15) is 13.2 Å². The average molecular weight is 359 g/mol. The Morgan fingerprint density at radius 1 is 1.12 bits per heavy atom. The first-order chi connectivity index (χ1) is 11.9. The fraction of sp³-hybridized carbons (Fsp3) is 0.294. The third-order valence-corrected chi connectivity index (χ3v) is 6.06. The smallest absolute Gasteiger partial charge is 0.289 e. The van der Waals surface area contributed by atoms with Gasteiger partial charge in [-0.3, -0.25) is 4.79 Å². The van der Waals surface area contributed by atoms with Crippen molar-refractivity contribution in [1.29, 1.82) is 5.26 Å². The lowest BCUT2D eigenvalue weighted by Crippen LogP contribution is -2.50. The van der Waals surface area contributed by atoms with Crippen LogP contribution >= 0.6 is 0 Å². The van der Waals surface area contributed by atoms with Crippen LogP contribution in [0, 0.1) is 18.3 Å². The first-order valence-corrected chi connectivity index (χ1v) is 9.22. The average Bonchev–Trinajstić information content (AvgIpc) is 3.07. The van der Waals surface area contributed by atoms with Gasteiger partial charge in [0, 0.05) is 26.2 Å². The van der Waals surface area contributed by atoms with Crippen molar-refractivity contribution in [3.8, 4) is 6.07 Å². The third kappa shape index (κ3) is 3.29. The number of hydrogen-bond donors (Lipinski definition) is 0. The lowest BCUT2D eigenvalue weighted by atomic mass is 10.2. The molecule has 1 aliphatic rings. The van der Waals surface area contributed by atoms with Gasteiger partial charge in [0.15, 0.2) is 5.76 Å². The molecule has 0 radical (unpaired) electrons. The molecule has 1 amide bonds. The van der Waals surface area contributed by atoms with Crippen molar-refractivity contribution in [2.24, 2.45) is 0 Å². The van der Waals surface area contributed by atoms with Crippen LogP contribution in [0.25, 0.3) is 0 Å². The van der Waals surface area contributed by atoms with Crippen LogP contribution < -0.4 is 0 Å². The molecular weight excluding hydrogens is 342 g/mol. The van der Waals surface area contributed by atoms with Crippen molar-refractivity contribution in [3.05, 3.63) is 53.5 Å². The van der Waals surface area contributed by atoms with Crippen LogP contribution in [0.3, 0.4) is 0 Å². The van der Waals surface area contributed by atoms with Crippen molar-refractivity contribution >= 4 is 15.9 Å². The SMILES string of the molecule is Cc1ccc(C(=O)N2CCN(S(=O)(=O)c3ccccc3C#N)CC2)o1. The van der Waals surface area contributed by atoms with Gasteiger partial charge in [-0.25, -0.2) is 8.42 Å². The second-order valence-electron chi connectivity index (χ2n) is 5.71. The highest BCUT2D eigenvalue weighted by Gasteiger charge is 2.32. The number of carbonyl (C=O) groups excluding carboxylic acids is 1. The van der Waals surface area contributed by atoms with Crippen LogP contribution in [-0.4, -0.2) is 49.7 Å². The maximum atomic E-state index is 12.8. The summed E-state index contributed by atoms with van der Waals surface area (Å²) >= 11 is 0. The number of hydrogen-bond acceptors (Lipinski definition) is 5. The molecule has 1 aromatic heterocycles. The molecule has 0 N–H and O–H groups in total. The van der Waals surface area contributed by atoms with Crippen LogP contribution in [0.15, 0.2) is 45.7 Å².